The molecule has 21 heavy (non-hydrogen) atoms. The molecule has 1 aromatic carbocycles. The molecule has 0 aliphatic carbocycles. The van der Waals surface area contributed by atoms with Crippen molar-refractivity contribution in [3.8, 4) is 0 Å². The van der Waals surface area contributed by atoms with E-state index in [-0.39, 0.29) is 24.8 Å². The predicted molar refractivity (Wildman–Crippen MR) is 81.4 cm³/mol. The fourth-order valence-electron chi connectivity index (χ4n) is 2.49. The van der Waals surface area contributed by atoms with Crippen LogP contribution in [0.5, 0.6) is 0 Å². The molecule has 6 heteroatoms. The van der Waals surface area contributed by atoms with Gasteiger partial charge in [0.1, 0.15) is 6.10 Å². The van der Waals surface area contributed by atoms with E-state index in [4.69, 9.17) is 21.4 Å². The van der Waals surface area contributed by atoms with E-state index in [9.17, 15) is 4.79 Å². The average Bonchev–Trinajstić information content (AvgIpc) is 2.93. The Balaban J connectivity index is 2.01. The third-order valence-corrected chi connectivity index (χ3v) is 3.89. The van der Waals surface area contributed by atoms with Crippen LogP contribution < -0.4 is 5.32 Å². The summed E-state index contributed by atoms with van der Waals surface area (Å²) in [5, 5.41) is 12.6. The van der Waals surface area contributed by atoms with Gasteiger partial charge in [-0.1, -0.05) is 23.7 Å². The van der Waals surface area contributed by atoms with E-state index in [2.05, 4.69) is 5.32 Å². The van der Waals surface area contributed by atoms with Crippen LogP contribution in [0.1, 0.15) is 25.0 Å². The van der Waals surface area contributed by atoms with E-state index in [1.54, 1.807) is 4.90 Å². The lowest BCUT2D eigenvalue weighted by Crippen LogP contribution is -2.46. The summed E-state index contributed by atoms with van der Waals surface area (Å²) < 4.78 is 5.74. The summed E-state index contributed by atoms with van der Waals surface area (Å²) in [6.07, 6.45) is 0.620. The van der Waals surface area contributed by atoms with Crippen molar-refractivity contribution in [1.82, 2.24) is 10.2 Å². The maximum atomic E-state index is 12.2. The molecule has 0 aromatic heterocycles. The lowest BCUT2D eigenvalue weighted by molar-refractivity contribution is 0.0976. The number of carbonyl (C=O) groups is 1. The molecule has 5 nitrogen and oxygen atoms in total. The smallest absolute Gasteiger partial charge is 0.317 e. The normalized spacial score (nSPS) is 21.3. The first-order valence-electron chi connectivity index (χ1n) is 7.19. The monoisotopic (exact) mass is 312 g/mol. The summed E-state index contributed by atoms with van der Waals surface area (Å²) in [6, 6.07) is 7.25. The van der Waals surface area contributed by atoms with Crippen LogP contribution in [0, 0.1) is 0 Å². The van der Waals surface area contributed by atoms with Crippen molar-refractivity contribution < 1.29 is 14.6 Å². The minimum Gasteiger partial charge on any atom is -0.395 e. The van der Waals surface area contributed by atoms with Crippen LogP contribution in [0.25, 0.3) is 0 Å². The maximum Gasteiger partial charge on any atom is 0.317 e. The Labute approximate surface area is 129 Å². The van der Waals surface area contributed by atoms with Gasteiger partial charge in [-0.05, 0) is 31.0 Å². The quantitative estimate of drug-likeness (QED) is 0.876. The average molecular weight is 313 g/mol. The number of aliphatic hydroxyl groups is 1. The number of urea groups is 1. The van der Waals surface area contributed by atoms with Gasteiger partial charge in [-0.15, -0.1) is 0 Å². The highest BCUT2D eigenvalue weighted by molar-refractivity contribution is 6.30. The van der Waals surface area contributed by atoms with E-state index < -0.39 is 0 Å². The Morgan fingerprint density at radius 2 is 2.19 bits per heavy atom. The molecule has 0 radical (unpaired) electrons. The van der Waals surface area contributed by atoms with Gasteiger partial charge in [0.05, 0.1) is 12.6 Å². The first-order valence-corrected chi connectivity index (χ1v) is 7.57. The topological polar surface area (TPSA) is 61.8 Å². The van der Waals surface area contributed by atoms with Gasteiger partial charge in [0.15, 0.2) is 0 Å². The predicted octanol–water partition coefficient (Wildman–Crippen LogP) is 2.19. The first-order chi connectivity index (χ1) is 10.2. The highest BCUT2D eigenvalue weighted by Gasteiger charge is 2.31. The number of amides is 2. The first kappa shape index (κ1) is 16.1. The molecule has 1 fully saturated rings. The molecule has 2 unspecified atom stereocenters. The number of nitrogens with zero attached hydrogens (tertiary/aromatic N) is 1. The fraction of sp³-hybridized carbons (Fsp3) is 0.533. The van der Waals surface area contributed by atoms with E-state index in [0.717, 1.165) is 12.0 Å². The number of ether oxygens (including phenoxy) is 1. The Bertz CT molecular complexity index is 466. The molecule has 2 atom stereocenters. The zero-order valence-corrected chi connectivity index (χ0v) is 12.8. The number of carbonyl (C=O) groups excluding carboxylic acids is 1. The van der Waals surface area contributed by atoms with Crippen LogP contribution in [0.15, 0.2) is 24.3 Å². The van der Waals surface area contributed by atoms with E-state index >= 15 is 0 Å². The van der Waals surface area contributed by atoms with Gasteiger partial charge >= 0.3 is 6.03 Å². The molecule has 116 valence electrons. The van der Waals surface area contributed by atoms with Crippen LogP contribution in [0.3, 0.4) is 0 Å². The molecule has 2 N–H and O–H groups in total. The second-order valence-electron chi connectivity index (χ2n) is 4.99. The second kappa shape index (κ2) is 7.64. The van der Waals surface area contributed by atoms with Gasteiger partial charge in [0, 0.05) is 24.7 Å². The number of hydrogen-bond acceptors (Lipinski definition) is 3. The van der Waals surface area contributed by atoms with Crippen molar-refractivity contribution in [3.05, 3.63) is 34.9 Å². The summed E-state index contributed by atoms with van der Waals surface area (Å²) in [7, 11) is 0. The molecule has 1 aromatic rings. The highest BCUT2D eigenvalue weighted by atomic mass is 35.5. The molecule has 1 heterocycles. The lowest BCUT2D eigenvalue weighted by atomic mass is 10.0. The number of rotatable bonds is 5. The number of benzene rings is 1. The van der Waals surface area contributed by atoms with Crippen LogP contribution in [-0.2, 0) is 4.74 Å². The van der Waals surface area contributed by atoms with Crippen molar-refractivity contribution in [2.75, 3.05) is 26.3 Å². The largest absolute Gasteiger partial charge is 0.395 e. The Morgan fingerprint density at radius 3 is 2.81 bits per heavy atom. The minimum absolute atomic E-state index is 0.0387. The second-order valence-corrected chi connectivity index (χ2v) is 5.43. The standard InChI is InChI=1S/C15H21ClN2O3/c1-2-18(8-9-19)15(20)17-13-7-10-21-14(13)11-3-5-12(16)6-4-11/h3-6,13-14,19H,2,7-10H2,1H3,(H,17,20). The zero-order chi connectivity index (χ0) is 15.2. The van der Waals surface area contributed by atoms with Gasteiger partial charge in [0.2, 0.25) is 0 Å². The molecule has 2 amide bonds. The van der Waals surface area contributed by atoms with Crippen molar-refractivity contribution in [1.29, 1.82) is 0 Å². The molecule has 2 rings (SSSR count). The van der Waals surface area contributed by atoms with Crippen molar-refractivity contribution in [2.24, 2.45) is 0 Å². The van der Waals surface area contributed by atoms with Gasteiger partial charge in [0.25, 0.3) is 0 Å². The van der Waals surface area contributed by atoms with Crippen LogP contribution in [-0.4, -0.2) is 48.4 Å². The Morgan fingerprint density at radius 1 is 1.48 bits per heavy atom. The van der Waals surface area contributed by atoms with E-state index in [1.165, 1.54) is 0 Å². The van der Waals surface area contributed by atoms with E-state index in [1.807, 2.05) is 31.2 Å². The van der Waals surface area contributed by atoms with Gasteiger partial charge in [-0.25, -0.2) is 4.79 Å². The summed E-state index contributed by atoms with van der Waals surface area (Å²) in [5.41, 5.74) is 1.01. The van der Waals surface area contributed by atoms with Crippen LogP contribution in [0.2, 0.25) is 5.02 Å². The highest BCUT2D eigenvalue weighted by Crippen LogP contribution is 2.30. The molecule has 1 aliphatic heterocycles. The van der Waals surface area contributed by atoms with Gasteiger partial charge < -0.3 is 20.1 Å². The maximum absolute atomic E-state index is 12.2. The van der Waals surface area contributed by atoms with Crippen molar-refractivity contribution in [3.63, 3.8) is 0 Å². The fourth-order valence-corrected chi connectivity index (χ4v) is 2.62. The van der Waals surface area contributed by atoms with Crippen LogP contribution >= 0.6 is 11.6 Å². The third-order valence-electron chi connectivity index (χ3n) is 3.64. The van der Waals surface area contributed by atoms with Crippen LogP contribution in [0.4, 0.5) is 4.79 Å². The summed E-state index contributed by atoms with van der Waals surface area (Å²) in [4.78, 5) is 13.8. The van der Waals surface area contributed by atoms with Gasteiger partial charge in [-0.3, -0.25) is 0 Å². The Kier molecular flexibility index (Phi) is 5.85. The molecular weight excluding hydrogens is 292 g/mol. The number of aliphatic hydroxyl groups excluding tert-OH is 1. The summed E-state index contributed by atoms with van der Waals surface area (Å²) in [5.74, 6) is 0. The van der Waals surface area contributed by atoms with Crippen molar-refractivity contribution in [2.45, 2.75) is 25.5 Å². The molecule has 0 bridgehead atoms. The molecule has 1 saturated heterocycles. The molecule has 1 aliphatic rings. The minimum atomic E-state index is -0.166. The summed E-state index contributed by atoms with van der Waals surface area (Å²) >= 11 is 5.89. The summed E-state index contributed by atoms with van der Waals surface area (Å²) in [6.45, 7) is 3.36. The molecule has 0 spiro atoms. The third kappa shape index (κ3) is 4.09. The number of nitrogens with one attached hydrogen (secondary N) is 1. The SMILES string of the molecule is CCN(CCO)C(=O)NC1CCOC1c1ccc(Cl)cc1. The number of likely N-dealkylation sites (N-methyl/N-ethyl adjacent to an activating group) is 1. The number of halogens is 1. The molecule has 0 saturated carbocycles. The van der Waals surface area contributed by atoms with Crippen molar-refractivity contribution >= 4 is 17.6 Å². The van der Waals surface area contributed by atoms with E-state index in [0.29, 0.717) is 24.7 Å². The molecular formula is C15H21ClN2O3. The lowest BCUT2D eigenvalue weighted by Gasteiger charge is -2.25. The Hall–Kier alpha value is -1.30. The number of hydrogen-bond donors (Lipinski definition) is 2. The van der Waals surface area contributed by atoms with Gasteiger partial charge in [-0.2, -0.15) is 0 Å². The zero-order valence-electron chi connectivity index (χ0n) is 12.1.